The van der Waals surface area contributed by atoms with Crippen LogP contribution in [0, 0.1) is 35.4 Å². The van der Waals surface area contributed by atoms with Gasteiger partial charge in [0.15, 0.2) is 0 Å². The Balaban J connectivity index is 1.47. The molecule has 212 valence electrons. The van der Waals surface area contributed by atoms with Crippen LogP contribution in [0.15, 0.2) is 72.8 Å². The van der Waals surface area contributed by atoms with E-state index in [9.17, 15) is 9.59 Å². The summed E-state index contributed by atoms with van der Waals surface area (Å²) in [6.45, 7) is 2.73. The molecule has 1 saturated heterocycles. The van der Waals surface area contributed by atoms with Crippen LogP contribution in [0.3, 0.4) is 0 Å². The molecule has 41 heavy (non-hydrogen) atoms. The van der Waals surface area contributed by atoms with Gasteiger partial charge in [-0.3, -0.25) is 9.59 Å². The van der Waals surface area contributed by atoms with Gasteiger partial charge in [-0.25, -0.2) is 4.39 Å². The summed E-state index contributed by atoms with van der Waals surface area (Å²) in [4.78, 5) is 24.0. The van der Waals surface area contributed by atoms with Crippen molar-refractivity contribution in [1.82, 2.24) is 5.32 Å². The molecule has 0 aromatic heterocycles. The minimum atomic E-state index is -0.528. The smallest absolute Gasteiger partial charge is 0.306 e. The van der Waals surface area contributed by atoms with E-state index < -0.39 is 5.54 Å². The number of rotatable bonds is 7. The first-order valence-electron chi connectivity index (χ1n) is 14.3. The highest BCUT2D eigenvalue weighted by Crippen LogP contribution is 2.48. The van der Waals surface area contributed by atoms with Gasteiger partial charge in [0, 0.05) is 23.1 Å². The van der Waals surface area contributed by atoms with E-state index in [-0.39, 0.29) is 42.6 Å². The molecule has 1 N–H and O–H groups in total. The van der Waals surface area contributed by atoms with Gasteiger partial charge >= 0.3 is 5.97 Å². The van der Waals surface area contributed by atoms with Gasteiger partial charge in [0.1, 0.15) is 12.4 Å². The molecule has 1 amide bonds. The molecule has 4 unspecified atom stereocenters. The average molecular weight is 554 g/mol. The zero-order valence-electron chi connectivity index (χ0n) is 23.6. The first-order chi connectivity index (χ1) is 19.9. The van der Waals surface area contributed by atoms with Gasteiger partial charge in [-0.15, -0.1) is 0 Å². The zero-order chi connectivity index (χ0) is 28.8. The summed E-state index contributed by atoms with van der Waals surface area (Å²) in [5.74, 6) is 6.02. The number of amides is 1. The first kappa shape index (κ1) is 28.6. The van der Waals surface area contributed by atoms with Crippen LogP contribution >= 0.6 is 0 Å². The van der Waals surface area contributed by atoms with E-state index in [1.165, 1.54) is 12.7 Å². The van der Waals surface area contributed by atoms with Crippen LogP contribution in [-0.4, -0.2) is 37.7 Å². The van der Waals surface area contributed by atoms with Crippen molar-refractivity contribution in [2.45, 2.75) is 44.6 Å². The lowest BCUT2D eigenvalue weighted by Gasteiger charge is -2.41. The highest BCUT2D eigenvalue weighted by molar-refractivity contribution is 5.79. The molecule has 0 radical (unpaired) electrons. The maximum absolute atomic E-state index is 16.4. The Morgan fingerprint density at radius 2 is 1.80 bits per heavy atom. The van der Waals surface area contributed by atoms with E-state index in [0.29, 0.717) is 47.6 Å². The molecule has 1 saturated carbocycles. The van der Waals surface area contributed by atoms with Crippen LogP contribution < -0.4 is 5.32 Å². The molecule has 1 heterocycles. The van der Waals surface area contributed by atoms with Crippen molar-refractivity contribution in [2.75, 3.05) is 20.3 Å². The lowest BCUT2D eigenvalue weighted by atomic mass is 9.75. The number of morpholine rings is 1. The van der Waals surface area contributed by atoms with Gasteiger partial charge in [-0.1, -0.05) is 85.5 Å². The molecular formula is C35H36FNO4. The predicted octanol–water partition coefficient (Wildman–Crippen LogP) is 5.74. The molecule has 6 heteroatoms. The second-order valence-corrected chi connectivity index (χ2v) is 11.2. The van der Waals surface area contributed by atoms with Crippen molar-refractivity contribution in [3.63, 3.8) is 0 Å². The fourth-order valence-corrected chi connectivity index (χ4v) is 6.68. The molecule has 1 spiro atoms. The molecule has 5 nitrogen and oxygen atoms in total. The number of benzene rings is 3. The Morgan fingerprint density at radius 1 is 1.05 bits per heavy atom. The van der Waals surface area contributed by atoms with Gasteiger partial charge in [0.05, 0.1) is 25.7 Å². The number of methoxy groups -OCH3 is 1. The third-order valence-corrected chi connectivity index (χ3v) is 8.58. The molecule has 2 fully saturated rings. The number of esters is 1. The second-order valence-electron chi connectivity index (χ2n) is 11.2. The number of carbonyl (C=O) groups is 2. The first-order valence-corrected chi connectivity index (χ1v) is 14.3. The SMILES string of the molecule is COC(=O)CCC#Cc1ccccc1-c1cccc(CC2C(Cc3ccccc3)C(C)CC23COCC(=O)N3)c1F. The monoisotopic (exact) mass is 553 g/mol. The number of nitrogens with one attached hydrogen (secondary N) is 1. The standard InChI is InChI=1S/C35H36FNO4/c1-24-21-35(23-41-22-32(38)37-35)31(30(24)19-25-11-4-3-5-12-25)20-27-15-10-17-29(34(27)36)28-16-8-6-13-26(28)14-7-9-18-33(39)40-2/h3-6,8,10-13,15-17,24,30-31H,9,18-23H2,1-2H3,(H,37,38). The quantitative estimate of drug-likeness (QED) is 0.299. The summed E-state index contributed by atoms with van der Waals surface area (Å²) in [6, 6.07) is 23.4. The lowest BCUT2D eigenvalue weighted by molar-refractivity contribution is -0.140. The van der Waals surface area contributed by atoms with Crippen molar-refractivity contribution in [3.05, 3.63) is 95.3 Å². The Hall–Kier alpha value is -3.95. The summed E-state index contributed by atoms with van der Waals surface area (Å²) in [5, 5.41) is 3.29. The maximum atomic E-state index is 16.4. The van der Waals surface area contributed by atoms with Gasteiger partial charge in [-0.05, 0) is 54.2 Å². The van der Waals surface area contributed by atoms with Gasteiger partial charge in [0.25, 0.3) is 0 Å². The summed E-state index contributed by atoms with van der Waals surface area (Å²) in [7, 11) is 1.36. The van der Waals surface area contributed by atoms with Crippen molar-refractivity contribution < 1.29 is 23.5 Å². The number of ether oxygens (including phenoxy) is 2. The molecule has 5 rings (SSSR count). The van der Waals surface area contributed by atoms with E-state index in [2.05, 4.69) is 41.0 Å². The van der Waals surface area contributed by atoms with Crippen LogP contribution in [0.5, 0.6) is 0 Å². The molecular weight excluding hydrogens is 517 g/mol. The van der Waals surface area contributed by atoms with E-state index >= 15 is 4.39 Å². The minimum Gasteiger partial charge on any atom is -0.469 e. The van der Waals surface area contributed by atoms with E-state index in [1.807, 2.05) is 54.6 Å². The van der Waals surface area contributed by atoms with Gasteiger partial charge in [-0.2, -0.15) is 0 Å². The minimum absolute atomic E-state index is 0.0000584. The van der Waals surface area contributed by atoms with Crippen molar-refractivity contribution in [1.29, 1.82) is 0 Å². The number of hydrogen-bond donors (Lipinski definition) is 1. The molecule has 0 bridgehead atoms. The van der Waals surface area contributed by atoms with Crippen LogP contribution in [0.25, 0.3) is 11.1 Å². The Bertz CT molecular complexity index is 1460. The second kappa shape index (κ2) is 12.7. The van der Waals surface area contributed by atoms with Crippen molar-refractivity contribution >= 4 is 11.9 Å². The number of hydrogen-bond acceptors (Lipinski definition) is 4. The molecule has 2 aliphatic rings. The maximum Gasteiger partial charge on any atom is 0.306 e. The molecule has 4 atom stereocenters. The number of carbonyl (C=O) groups excluding carboxylic acids is 2. The highest BCUT2D eigenvalue weighted by atomic mass is 19.1. The molecule has 3 aromatic carbocycles. The Morgan fingerprint density at radius 3 is 2.59 bits per heavy atom. The van der Waals surface area contributed by atoms with Crippen LogP contribution in [0.2, 0.25) is 0 Å². The largest absolute Gasteiger partial charge is 0.469 e. The normalized spacial score (nSPS) is 23.5. The summed E-state index contributed by atoms with van der Waals surface area (Å²) in [5.41, 5.74) is 3.23. The molecule has 1 aliphatic carbocycles. The van der Waals surface area contributed by atoms with Gasteiger partial charge < -0.3 is 14.8 Å². The topological polar surface area (TPSA) is 64.6 Å². The third-order valence-electron chi connectivity index (χ3n) is 8.58. The van der Waals surface area contributed by atoms with Crippen LogP contribution in [-0.2, 0) is 31.9 Å². The summed E-state index contributed by atoms with van der Waals surface area (Å²) in [6.07, 6.45) is 2.71. The van der Waals surface area contributed by atoms with Crippen molar-refractivity contribution in [3.8, 4) is 23.0 Å². The van der Waals surface area contributed by atoms with E-state index in [4.69, 9.17) is 4.74 Å². The number of halogens is 1. The van der Waals surface area contributed by atoms with Crippen molar-refractivity contribution in [2.24, 2.45) is 17.8 Å². The molecule has 1 aliphatic heterocycles. The lowest BCUT2D eigenvalue weighted by Crippen LogP contribution is -2.60. The zero-order valence-corrected chi connectivity index (χ0v) is 23.6. The summed E-state index contributed by atoms with van der Waals surface area (Å²) >= 11 is 0. The highest BCUT2D eigenvalue weighted by Gasteiger charge is 2.54. The van der Waals surface area contributed by atoms with Crippen LogP contribution in [0.4, 0.5) is 4.39 Å². The fraction of sp³-hybridized carbons (Fsp3) is 0.371. The van der Waals surface area contributed by atoms with E-state index in [0.717, 1.165) is 12.8 Å². The predicted molar refractivity (Wildman–Crippen MR) is 156 cm³/mol. The summed E-state index contributed by atoms with van der Waals surface area (Å²) < 4.78 is 26.9. The fourth-order valence-electron chi connectivity index (χ4n) is 6.68. The average Bonchev–Trinajstić information content (AvgIpc) is 3.21. The van der Waals surface area contributed by atoms with Crippen LogP contribution in [0.1, 0.15) is 42.9 Å². The van der Waals surface area contributed by atoms with Gasteiger partial charge in [0.2, 0.25) is 5.91 Å². The third kappa shape index (κ3) is 6.36. The molecule has 3 aromatic rings. The Labute approximate surface area is 241 Å². The van der Waals surface area contributed by atoms with E-state index in [1.54, 1.807) is 6.07 Å². The Kier molecular flexibility index (Phi) is 8.85.